The molecule has 0 fully saturated rings. The molecule has 3 aromatic rings. The number of rotatable bonds is 3. The maximum Gasteiger partial charge on any atom is 0.291 e. The topological polar surface area (TPSA) is 95.1 Å². The molecule has 0 spiro atoms. The Bertz CT molecular complexity index is 978. The minimum absolute atomic E-state index is 0.130. The van der Waals surface area contributed by atoms with Crippen LogP contribution < -0.4 is 0 Å². The van der Waals surface area contributed by atoms with Crippen LogP contribution in [0.2, 0.25) is 0 Å². The Morgan fingerprint density at radius 2 is 1.86 bits per heavy atom. The normalized spacial score (nSPS) is 11.7. The summed E-state index contributed by atoms with van der Waals surface area (Å²) in [6, 6.07) is 10.8. The highest BCUT2D eigenvalue weighted by molar-refractivity contribution is 7.90. The van der Waals surface area contributed by atoms with Gasteiger partial charge in [-0.15, -0.1) is 0 Å². The van der Waals surface area contributed by atoms with Crippen molar-refractivity contribution in [2.24, 2.45) is 0 Å². The molecule has 7 nitrogen and oxygen atoms in total. The Hall–Kier alpha value is -2.74. The molecule has 1 aromatic carbocycles. The fourth-order valence-electron chi connectivity index (χ4n) is 2.20. The number of nitro groups is 1. The molecule has 0 aliphatic carbocycles. The first-order valence-electron chi connectivity index (χ1n) is 6.35. The molecule has 0 aliphatic heterocycles. The van der Waals surface area contributed by atoms with E-state index in [1.54, 1.807) is 18.2 Å². The molecule has 0 bridgehead atoms. The van der Waals surface area contributed by atoms with E-state index in [2.05, 4.69) is 4.98 Å². The molecule has 0 saturated carbocycles. The van der Waals surface area contributed by atoms with Crippen LogP contribution in [0.3, 0.4) is 0 Å². The van der Waals surface area contributed by atoms with Crippen molar-refractivity contribution in [3.63, 3.8) is 0 Å². The van der Waals surface area contributed by atoms with Gasteiger partial charge in [-0.2, -0.15) is 0 Å². The van der Waals surface area contributed by atoms with Gasteiger partial charge in [0, 0.05) is 17.6 Å². The Morgan fingerprint density at radius 1 is 1.18 bits per heavy atom. The maximum absolute atomic E-state index is 12.6. The van der Waals surface area contributed by atoms with Crippen molar-refractivity contribution in [1.29, 1.82) is 0 Å². The highest BCUT2D eigenvalue weighted by Crippen LogP contribution is 2.26. The van der Waals surface area contributed by atoms with Crippen LogP contribution in [0.15, 0.2) is 53.6 Å². The summed E-state index contributed by atoms with van der Waals surface area (Å²) < 4.78 is 26.3. The first kappa shape index (κ1) is 14.2. The summed E-state index contributed by atoms with van der Waals surface area (Å²) in [7, 11) is -3.79. The number of hydrogen-bond acceptors (Lipinski definition) is 5. The molecule has 2 heterocycles. The Morgan fingerprint density at radius 3 is 2.50 bits per heavy atom. The second-order valence-corrected chi connectivity index (χ2v) is 6.51. The van der Waals surface area contributed by atoms with Crippen molar-refractivity contribution >= 4 is 26.7 Å². The third-order valence-electron chi connectivity index (χ3n) is 3.29. The molecule has 2 aromatic heterocycles. The van der Waals surface area contributed by atoms with Crippen molar-refractivity contribution in [3.8, 4) is 0 Å². The molecule has 112 valence electrons. The van der Waals surface area contributed by atoms with Crippen LogP contribution in [0.5, 0.6) is 0 Å². The van der Waals surface area contributed by atoms with Crippen LogP contribution >= 0.6 is 0 Å². The van der Waals surface area contributed by atoms with Crippen LogP contribution in [0.25, 0.3) is 11.0 Å². The quantitative estimate of drug-likeness (QED) is 0.546. The van der Waals surface area contributed by atoms with Gasteiger partial charge < -0.3 is 0 Å². The van der Waals surface area contributed by atoms with Crippen molar-refractivity contribution in [2.45, 2.75) is 11.8 Å². The zero-order valence-electron chi connectivity index (χ0n) is 11.5. The molecule has 0 unspecified atom stereocenters. The molecule has 0 radical (unpaired) electrons. The van der Waals surface area contributed by atoms with E-state index >= 15 is 0 Å². The Balaban J connectivity index is 2.25. The lowest BCUT2D eigenvalue weighted by Crippen LogP contribution is -2.12. The van der Waals surface area contributed by atoms with Crippen LogP contribution in [0.4, 0.5) is 5.69 Å². The number of fused-ring (bicyclic) bond motifs is 1. The van der Waals surface area contributed by atoms with Gasteiger partial charge in [0.1, 0.15) is 5.69 Å². The predicted octanol–water partition coefficient (Wildman–Crippen LogP) is 2.49. The van der Waals surface area contributed by atoms with Gasteiger partial charge >= 0.3 is 0 Å². The molecule has 8 heteroatoms. The average Bonchev–Trinajstić information content (AvgIpc) is 2.90. The van der Waals surface area contributed by atoms with E-state index in [0.29, 0.717) is 5.39 Å². The summed E-state index contributed by atoms with van der Waals surface area (Å²) in [5.74, 6) is 0. The van der Waals surface area contributed by atoms with E-state index in [1.807, 2.05) is 0 Å². The van der Waals surface area contributed by atoms with E-state index in [9.17, 15) is 18.5 Å². The minimum atomic E-state index is -3.79. The van der Waals surface area contributed by atoms with Gasteiger partial charge in [0.25, 0.3) is 15.7 Å². The predicted molar refractivity (Wildman–Crippen MR) is 80.2 cm³/mol. The van der Waals surface area contributed by atoms with E-state index in [0.717, 1.165) is 3.97 Å². The SMILES string of the molecule is Cc1nc2c(ccn2S(=O)(=O)c2ccccc2)cc1[N+](=O)[O-]. The molecule has 3 rings (SSSR count). The van der Waals surface area contributed by atoms with E-state index in [-0.39, 0.29) is 21.9 Å². The van der Waals surface area contributed by atoms with Crippen LogP contribution in [-0.2, 0) is 10.0 Å². The smallest absolute Gasteiger partial charge is 0.258 e. The zero-order chi connectivity index (χ0) is 15.9. The minimum Gasteiger partial charge on any atom is -0.258 e. The van der Waals surface area contributed by atoms with Crippen molar-refractivity contribution < 1.29 is 13.3 Å². The van der Waals surface area contributed by atoms with Crippen LogP contribution in [-0.4, -0.2) is 22.3 Å². The second kappa shape index (κ2) is 4.92. The summed E-state index contributed by atoms with van der Waals surface area (Å²) in [6.07, 6.45) is 1.35. The Kier molecular flexibility index (Phi) is 3.18. The van der Waals surface area contributed by atoms with Crippen molar-refractivity contribution in [2.75, 3.05) is 0 Å². The van der Waals surface area contributed by atoms with Gasteiger partial charge in [-0.3, -0.25) is 10.1 Å². The first-order valence-corrected chi connectivity index (χ1v) is 7.79. The largest absolute Gasteiger partial charge is 0.291 e. The second-order valence-electron chi connectivity index (χ2n) is 4.69. The van der Waals surface area contributed by atoms with Gasteiger partial charge in [0.15, 0.2) is 5.65 Å². The number of hydrogen-bond donors (Lipinski definition) is 0. The van der Waals surface area contributed by atoms with E-state index in [1.165, 1.54) is 37.4 Å². The van der Waals surface area contributed by atoms with Gasteiger partial charge in [0.05, 0.1) is 9.82 Å². The average molecular weight is 317 g/mol. The van der Waals surface area contributed by atoms with Crippen LogP contribution in [0, 0.1) is 17.0 Å². The highest BCUT2D eigenvalue weighted by atomic mass is 32.2. The van der Waals surface area contributed by atoms with E-state index in [4.69, 9.17) is 0 Å². The zero-order valence-corrected chi connectivity index (χ0v) is 12.3. The lowest BCUT2D eigenvalue weighted by molar-refractivity contribution is -0.385. The Labute approximate surface area is 126 Å². The third-order valence-corrected chi connectivity index (χ3v) is 4.97. The summed E-state index contributed by atoms with van der Waals surface area (Å²) in [6.45, 7) is 1.48. The maximum atomic E-state index is 12.6. The molecule has 0 amide bonds. The summed E-state index contributed by atoms with van der Waals surface area (Å²) >= 11 is 0. The van der Waals surface area contributed by atoms with E-state index < -0.39 is 14.9 Å². The molecule has 22 heavy (non-hydrogen) atoms. The number of aryl methyl sites for hydroxylation is 1. The summed E-state index contributed by atoms with van der Waals surface area (Å²) in [5.41, 5.74) is 0.204. The molecule has 0 saturated heterocycles. The first-order chi connectivity index (χ1) is 10.4. The number of aromatic nitrogens is 2. The molecular weight excluding hydrogens is 306 g/mol. The van der Waals surface area contributed by atoms with Crippen molar-refractivity contribution in [3.05, 3.63) is 64.5 Å². The number of pyridine rings is 1. The fourth-order valence-corrected chi connectivity index (χ4v) is 3.52. The van der Waals surface area contributed by atoms with Gasteiger partial charge in [0.2, 0.25) is 0 Å². The fraction of sp³-hybridized carbons (Fsp3) is 0.0714. The van der Waals surface area contributed by atoms with Gasteiger partial charge in [-0.1, -0.05) is 18.2 Å². The number of nitrogens with zero attached hydrogens (tertiary/aromatic N) is 3. The molecular formula is C14H11N3O4S. The lowest BCUT2D eigenvalue weighted by atomic mass is 10.2. The summed E-state index contributed by atoms with van der Waals surface area (Å²) in [5, 5.41) is 11.3. The molecule has 0 aliphatic rings. The van der Waals surface area contributed by atoms with Crippen molar-refractivity contribution in [1.82, 2.24) is 8.96 Å². The number of benzene rings is 1. The lowest BCUT2D eigenvalue weighted by Gasteiger charge is -2.07. The third kappa shape index (κ3) is 2.13. The monoisotopic (exact) mass is 317 g/mol. The highest BCUT2D eigenvalue weighted by Gasteiger charge is 2.22. The van der Waals surface area contributed by atoms with Crippen LogP contribution in [0.1, 0.15) is 5.69 Å². The van der Waals surface area contributed by atoms with Gasteiger partial charge in [-0.25, -0.2) is 17.4 Å². The molecule has 0 N–H and O–H groups in total. The summed E-state index contributed by atoms with van der Waals surface area (Å²) in [4.78, 5) is 14.6. The molecule has 0 atom stereocenters. The van der Waals surface area contributed by atoms with Gasteiger partial charge in [-0.05, 0) is 25.1 Å². The standard InChI is InChI=1S/C14H11N3O4S/c1-10-13(17(18)19)9-11-7-8-16(14(11)15-10)22(20,21)12-5-3-2-4-6-12/h2-9H,1H3.